The fourth-order valence-electron chi connectivity index (χ4n) is 3.28. The van der Waals surface area contributed by atoms with E-state index in [9.17, 15) is 9.18 Å². The second-order valence-corrected chi connectivity index (χ2v) is 8.80. The summed E-state index contributed by atoms with van der Waals surface area (Å²) in [5.74, 6) is 1.13. The molecule has 1 fully saturated rings. The number of thiol groups is 1. The molecule has 7 heteroatoms. The van der Waals surface area contributed by atoms with Gasteiger partial charge in [-0.1, -0.05) is 12.1 Å². The maximum absolute atomic E-state index is 14.1. The molecule has 30 heavy (non-hydrogen) atoms. The third kappa shape index (κ3) is 7.01. The van der Waals surface area contributed by atoms with E-state index in [0.29, 0.717) is 19.1 Å². The van der Waals surface area contributed by atoms with Gasteiger partial charge >= 0.3 is 0 Å². The molecule has 162 valence electrons. The molecule has 1 amide bonds. The Morgan fingerprint density at radius 1 is 1.20 bits per heavy atom. The molecule has 0 N–H and O–H groups in total. The standard InChI is InChI=1S/C23H28FNO3S2/c1-25(23(26)15-29)21-4-2-18(3-5-21)16-30-22-11-19(10-20(24)12-22)14-28-13-17-6-8-27-9-7-17/h2-5,10-12,17,29H,6-9,13-16H2,1H3. The van der Waals surface area contributed by atoms with Crippen LogP contribution in [0.5, 0.6) is 0 Å². The average molecular weight is 450 g/mol. The predicted octanol–water partition coefficient (Wildman–Crippen LogP) is 4.95. The maximum atomic E-state index is 14.1. The normalized spacial score (nSPS) is 14.6. The van der Waals surface area contributed by atoms with E-state index in [-0.39, 0.29) is 17.5 Å². The van der Waals surface area contributed by atoms with E-state index in [1.54, 1.807) is 29.8 Å². The van der Waals surface area contributed by atoms with Gasteiger partial charge in [-0.15, -0.1) is 11.8 Å². The van der Waals surface area contributed by atoms with Crippen LogP contribution in [0, 0.1) is 11.7 Å². The molecule has 0 saturated carbocycles. The van der Waals surface area contributed by atoms with Crippen LogP contribution in [0.3, 0.4) is 0 Å². The van der Waals surface area contributed by atoms with E-state index < -0.39 is 0 Å². The van der Waals surface area contributed by atoms with Gasteiger partial charge in [-0.2, -0.15) is 12.6 Å². The molecule has 1 aliphatic heterocycles. The first-order valence-electron chi connectivity index (χ1n) is 10.1. The monoisotopic (exact) mass is 449 g/mol. The summed E-state index contributed by atoms with van der Waals surface area (Å²) in [6.45, 7) is 2.72. The maximum Gasteiger partial charge on any atom is 0.236 e. The van der Waals surface area contributed by atoms with Crippen molar-refractivity contribution >= 4 is 36.0 Å². The first-order chi connectivity index (χ1) is 14.5. The zero-order chi connectivity index (χ0) is 21.3. The van der Waals surface area contributed by atoms with Gasteiger partial charge in [-0.25, -0.2) is 4.39 Å². The number of ether oxygens (including phenoxy) is 2. The lowest BCUT2D eigenvalue weighted by molar-refractivity contribution is -0.115. The Morgan fingerprint density at radius 3 is 2.63 bits per heavy atom. The number of benzene rings is 2. The molecule has 0 unspecified atom stereocenters. The molecule has 0 radical (unpaired) electrons. The van der Waals surface area contributed by atoms with Gasteiger partial charge in [0.15, 0.2) is 0 Å². The zero-order valence-electron chi connectivity index (χ0n) is 17.2. The van der Waals surface area contributed by atoms with Gasteiger partial charge < -0.3 is 14.4 Å². The predicted molar refractivity (Wildman–Crippen MR) is 123 cm³/mol. The van der Waals surface area contributed by atoms with Crippen LogP contribution in [-0.4, -0.2) is 38.5 Å². The number of halogens is 1. The summed E-state index contributed by atoms with van der Waals surface area (Å²) in [6.07, 6.45) is 2.06. The van der Waals surface area contributed by atoms with Gasteiger partial charge in [0.05, 0.1) is 19.0 Å². The molecule has 1 saturated heterocycles. The highest BCUT2D eigenvalue weighted by Gasteiger charge is 2.14. The first-order valence-corrected chi connectivity index (χ1v) is 11.7. The topological polar surface area (TPSA) is 38.8 Å². The molecule has 0 bridgehead atoms. The van der Waals surface area contributed by atoms with E-state index >= 15 is 0 Å². The van der Waals surface area contributed by atoms with Crippen molar-refractivity contribution in [1.29, 1.82) is 0 Å². The largest absolute Gasteiger partial charge is 0.381 e. The van der Waals surface area contributed by atoms with Crippen LogP contribution in [-0.2, 0) is 26.6 Å². The third-order valence-corrected chi connectivity index (χ3v) is 6.45. The number of nitrogens with zero attached hydrogens (tertiary/aromatic N) is 1. The lowest BCUT2D eigenvalue weighted by atomic mass is 10.0. The highest BCUT2D eigenvalue weighted by molar-refractivity contribution is 7.98. The molecule has 1 heterocycles. The number of carbonyl (C=O) groups excluding carboxylic acids is 1. The van der Waals surface area contributed by atoms with Crippen LogP contribution in [0.4, 0.5) is 10.1 Å². The molecular formula is C23H28FNO3S2. The summed E-state index contributed by atoms with van der Waals surface area (Å²) in [6, 6.07) is 12.9. The number of hydrogen-bond donors (Lipinski definition) is 1. The molecule has 0 aromatic heterocycles. The molecule has 0 aliphatic carbocycles. The van der Waals surface area contributed by atoms with Gasteiger partial charge in [-0.3, -0.25) is 4.79 Å². The van der Waals surface area contributed by atoms with Crippen LogP contribution in [0.15, 0.2) is 47.4 Å². The van der Waals surface area contributed by atoms with E-state index in [1.165, 1.54) is 6.07 Å². The summed E-state index contributed by atoms with van der Waals surface area (Å²) in [7, 11) is 1.74. The fourth-order valence-corrected chi connectivity index (χ4v) is 4.44. The molecule has 4 nitrogen and oxygen atoms in total. The molecular weight excluding hydrogens is 421 g/mol. The number of carbonyl (C=O) groups is 1. The minimum Gasteiger partial charge on any atom is -0.381 e. The quantitative estimate of drug-likeness (QED) is 0.434. The van der Waals surface area contributed by atoms with E-state index in [1.807, 2.05) is 30.3 Å². The summed E-state index contributed by atoms with van der Waals surface area (Å²) in [4.78, 5) is 14.2. The van der Waals surface area contributed by atoms with Crippen molar-refractivity contribution in [3.8, 4) is 0 Å². The summed E-state index contributed by atoms with van der Waals surface area (Å²) in [5, 5.41) is 0. The smallest absolute Gasteiger partial charge is 0.236 e. The summed E-state index contributed by atoms with van der Waals surface area (Å²) < 4.78 is 25.2. The van der Waals surface area contributed by atoms with Crippen LogP contribution >= 0.6 is 24.4 Å². The van der Waals surface area contributed by atoms with Gasteiger partial charge in [0.25, 0.3) is 0 Å². The Bertz CT molecular complexity index is 826. The van der Waals surface area contributed by atoms with Gasteiger partial charge in [-0.05, 0) is 60.2 Å². The Labute approximate surface area is 187 Å². The molecule has 0 spiro atoms. The third-order valence-electron chi connectivity index (χ3n) is 5.13. The molecule has 0 atom stereocenters. The van der Waals surface area contributed by atoms with Crippen molar-refractivity contribution in [2.24, 2.45) is 5.92 Å². The van der Waals surface area contributed by atoms with Crippen molar-refractivity contribution in [1.82, 2.24) is 0 Å². The van der Waals surface area contributed by atoms with Crippen LogP contribution in [0.1, 0.15) is 24.0 Å². The second kappa shape index (κ2) is 11.7. The van der Waals surface area contributed by atoms with Gasteiger partial charge in [0, 0.05) is 36.6 Å². The Kier molecular flexibility index (Phi) is 9.05. The first kappa shape index (κ1) is 23.1. The van der Waals surface area contributed by atoms with E-state index in [2.05, 4.69) is 12.6 Å². The van der Waals surface area contributed by atoms with Gasteiger partial charge in [0.2, 0.25) is 5.91 Å². The number of amides is 1. The number of rotatable bonds is 9. The molecule has 2 aromatic rings. The van der Waals surface area contributed by atoms with Crippen LogP contribution < -0.4 is 4.90 Å². The van der Waals surface area contributed by atoms with Crippen LogP contribution in [0.2, 0.25) is 0 Å². The lowest BCUT2D eigenvalue weighted by Crippen LogP contribution is -2.27. The van der Waals surface area contributed by atoms with Crippen molar-refractivity contribution in [2.45, 2.75) is 30.1 Å². The van der Waals surface area contributed by atoms with Crippen molar-refractivity contribution in [2.75, 3.05) is 37.5 Å². The fraction of sp³-hybridized carbons (Fsp3) is 0.435. The summed E-state index contributed by atoms with van der Waals surface area (Å²) in [5.41, 5.74) is 2.79. The number of hydrogen-bond acceptors (Lipinski definition) is 5. The molecule has 3 rings (SSSR count). The molecule has 1 aliphatic rings. The zero-order valence-corrected chi connectivity index (χ0v) is 18.9. The molecule has 2 aromatic carbocycles. The Hall–Kier alpha value is -1.54. The highest BCUT2D eigenvalue weighted by atomic mass is 32.2. The average Bonchev–Trinajstić information content (AvgIpc) is 2.77. The van der Waals surface area contributed by atoms with Crippen molar-refractivity contribution in [3.63, 3.8) is 0 Å². The second-order valence-electron chi connectivity index (χ2n) is 7.43. The van der Waals surface area contributed by atoms with Crippen molar-refractivity contribution < 1.29 is 18.7 Å². The van der Waals surface area contributed by atoms with Gasteiger partial charge in [0.1, 0.15) is 5.82 Å². The van der Waals surface area contributed by atoms with E-state index in [0.717, 1.165) is 53.5 Å². The number of anilines is 1. The van der Waals surface area contributed by atoms with Crippen molar-refractivity contribution in [3.05, 3.63) is 59.4 Å². The minimum absolute atomic E-state index is 0.0493. The van der Waals surface area contributed by atoms with Crippen LogP contribution in [0.25, 0.3) is 0 Å². The Balaban J connectivity index is 1.51. The SMILES string of the molecule is CN(C(=O)CS)c1ccc(CSc2cc(F)cc(COCC3CCOCC3)c2)cc1. The highest BCUT2D eigenvalue weighted by Crippen LogP contribution is 2.26. The van der Waals surface area contributed by atoms with E-state index in [4.69, 9.17) is 9.47 Å². The minimum atomic E-state index is -0.244. The Morgan fingerprint density at radius 2 is 1.93 bits per heavy atom. The lowest BCUT2D eigenvalue weighted by Gasteiger charge is -2.21. The summed E-state index contributed by atoms with van der Waals surface area (Å²) >= 11 is 5.61. The number of thioether (sulfide) groups is 1.